The van der Waals surface area contributed by atoms with E-state index in [0.717, 1.165) is 37.4 Å². The minimum absolute atomic E-state index is 0.0540. The van der Waals surface area contributed by atoms with Crippen molar-refractivity contribution in [1.29, 1.82) is 0 Å². The molecule has 1 fully saturated rings. The maximum Gasteiger partial charge on any atom is 0.264 e. The molecule has 0 spiro atoms. The second kappa shape index (κ2) is 6.92. The smallest absolute Gasteiger partial charge is 0.264 e. The van der Waals surface area contributed by atoms with E-state index in [4.69, 9.17) is 14.5 Å². The molecule has 0 bridgehead atoms. The van der Waals surface area contributed by atoms with Gasteiger partial charge in [0.15, 0.2) is 5.65 Å². The molecule has 0 atom stereocenters. The van der Waals surface area contributed by atoms with Gasteiger partial charge in [-0.05, 0) is 37.5 Å². The number of nitrogens with zero attached hydrogens (tertiary/aromatic N) is 4. The van der Waals surface area contributed by atoms with Gasteiger partial charge in [-0.15, -0.1) is 0 Å². The Balaban J connectivity index is 1.71. The Bertz CT molecular complexity index is 969. The average Bonchev–Trinajstić information content (AvgIpc) is 3.10. The summed E-state index contributed by atoms with van der Waals surface area (Å²) in [4.78, 5) is 17.7. The van der Waals surface area contributed by atoms with E-state index < -0.39 is 0 Å². The third kappa shape index (κ3) is 2.99. The highest BCUT2D eigenvalue weighted by Crippen LogP contribution is 2.23. The first-order chi connectivity index (χ1) is 12.7. The van der Waals surface area contributed by atoms with Gasteiger partial charge < -0.3 is 9.47 Å². The van der Waals surface area contributed by atoms with Gasteiger partial charge in [-0.3, -0.25) is 9.36 Å². The molecular formula is C19H22N4O3. The van der Waals surface area contributed by atoms with Crippen LogP contribution in [0.15, 0.2) is 35.3 Å². The van der Waals surface area contributed by atoms with E-state index >= 15 is 0 Å². The van der Waals surface area contributed by atoms with Crippen LogP contribution in [0.3, 0.4) is 0 Å². The Hall–Kier alpha value is -2.67. The first-order valence-electron chi connectivity index (χ1n) is 8.82. The van der Waals surface area contributed by atoms with Crippen LogP contribution in [0, 0.1) is 6.92 Å². The predicted molar refractivity (Wildman–Crippen MR) is 97.7 cm³/mol. The van der Waals surface area contributed by atoms with Crippen LogP contribution >= 0.6 is 0 Å². The lowest BCUT2D eigenvalue weighted by Gasteiger charge is -2.22. The summed E-state index contributed by atoms with van der Waals surface area (Å²) in [5.41, 5.74) is 1.64. The van der Waals surface area contributed by atoms with E-state index in [1.165, 1.54) is 0 Å². The molecule has 0 unspecified atom stereocenters. The Kier molecular flexibility index (Phi) is 4.46. The van der Waals surface area contributed by atoms with Crippen molar-refractivity contribution >= 4 is 11.0 Å². The van der Waals surface area contributed by atoms with Gasteiger partial charge in [-0.2, -0.15) is 5.10 Å². The number of aryl methyl sites for hydroxylation is 1. The maximum atomic E-state index is 13.0. The third-order valence-corrected chi connectivity index (χ3v) is 4.94. The highest BCUT2D eigenvalue weighted by atomic mass is 16.5. The summed E-state index contributed by atoms with van der Waals surface area (Å²) in [7, 11) is 1.64. The molecule has 7 nitrogen and oxygen atoms in total. The summed E-state index contributed by atoms with van der Waals surface area (Å²) >= 11 is 0. The fourth-order valence-electron chi connectivity index (χ4n) is 3.42. The van der Waals surface area contributed by atoms with Gasteiger partial charge in [0.25, 0.3) is 5.56 Å². The summed E-state index contributed by atoms with van der Waals surface area (Å²) in [6.45, 7) is 3.78. The van der Waals surface area contributed by atoms with Crippen LogP contribution < -0.4 is 10.3 Å². The molecular weight excluding hydrogens is 332 g/mol. The molecule has 1 aliphatic heterocycles. The maximum absolute atomic E-state index is 13.0. The first-order valence-corrected chi connectivity index (χ1v) is 8.82. The SMILES string of the molecule is COc1ccc(Cn2c(C)nc3c(cnn3C3CCOCC3)c2=O)cc1. The Morgan fingerprint density at radius 3 is 2.65 bits per heavy atom. The van der Waals surface area contributed by atoms with Crippen molar-refractivity contribution in [3.05, 3.63) is 52.2 Å². The zero-order chi connectivity index (χ0) is 18.1. The molecule has 3 heterocycles. The standard InChI is InChI=1S/C19H22N4O3/c1-13-21-18-17(11-20-23(18)15-7-9-26-10-8-15)19(24)22(13)12-14-3-5-16(25-2)6-4-14/h3-6,11,15H,7-10,12H2,1-2H3. The van der Waals surface area contributed by atoms with Crippen molar-refractivity contribution in [3.63, 3.8) is 0 Å². The second-order valence-corrected chi connectivity index (χ2v) is 6.57. The van der Waals surface area contributed by atoms with Crippen LogP contribution in [0.2, 0.25) is 0 Å². The van der Waals surface area contributed by atoms with Crippen LogP contribution in [0.4, 0.5) is 0 Å². The fourth-order valence-corrected chi connectivity index (χ4v) is 3.42. The second-order valence-electron chi connectivity index (χ2n) is 6.57. The van der Waals surface area contributed by atoms with E-state index in [-0.39, 0.29) is 11.6 Å². The van der Waals surface area contributed by atoms with Gasteiger partial charge >= 0.3 is 0 Å². The first kappa shape index (κ1) is 16.8. The molecule has 7 heteroatoms. The fraction of sp³-hybridized carbons (Fsp3) is 0.421. The molecule has 26 heavy (non-hydrogen) atoms. The Labute approximate surface area is 151 Å². The van der Waals surface area contributed by atoms with Gasteiger partial charge in [0.2, 0.25) is 0 Å². The van der Waals surface area contributed by atoms with E-state index in [1.54, 1.807) is 17.9 Å². The number of aromatic nitrogens is 4. The van der Waals surface area contributed by atoms with Crippen LogP contribution in [-0.4, -0.2) is 39.7 Å². The number of rotatable bonds is 4. The molecule has 0 radical (unpaired) electrons. The number of fused-ring (bicyclic) bond motifs is 1. The highest BCUT2D eigenvalue weighted by Gasteiger charge is 2.21. The zero-order valence-electron chi connectivity index (χ0n) is 15.0. The van der Waals surface area contributed by atoms with Gasteiger partial charge in [0.05, 0.1) is 25.9 Å². The van der Waals surface area contributed by atoms with E-state index in [9.17, 15) is 4.79 Å². The monoisotopic (exact) mass is 354 g/mol. The highest BCUT2D eigenvalue weighted by molar-refractivity contribution is 5.73. The van der Waals surface area contributed by atoms with Crippen LogP contribution in [0.5, 0.6) is 5.75 Å². The number of hydrogen-bond acceptors (Lipinski definition) is 5. The lowest BCUT2D eigenvalue weighted by Crippen LogP contribution is -2.25. The summed E-state index contributed by atoms with van der Waals surface area (Å²) < 4.78 is 14.2. The van der Waals surface area contributed by atoms with Crippen LogP contribution in [0.25, 0.3) is 11.0 Å². The van der Waals surface area contributed by atoms with E-state index in [1.807, 2.05) is 35.9 Å². The van der Waals surface area contributed by atoms with Gasteiger partial charge in [0, 0.05) is 13.2 Å². The molecule has 3 aromatic rings. The van der Waals surface area contributed by atoms with Crippen molar-refractivity contribution < 1.29 is 9.47 Å². The minimum atomic E-state index is -0.0540. The average molecular weight is 354 g/mol. The van der Waals surface area contributed by atoms with E-state index in [2.05, 4.69) is 5.10 Å². The topological polar surface area (TPSA) is 71.2 Å². The van der Waals surface area contributed by atoms with Crippen LogP contribution in [-0.2, 0) is 11.3 Å². The summed E-state index contributed by atoms with van der Waals surface area (Å²) in [6.07, 6.45) is 3.43. The molecule has 1 aliphatic rings. The minimum Gasteiger partial charge on any atom is -0.497 e. The molecule has 136 valence electrons. The summed E-state index contributed by atoms with van der Waals surface area (Å²) in [6, 6.07) is 7.95. The van der Waals surface area contributed by atoms with Crippen molar-refractivity contribution in [3.8, 4) is 5.75 Å². The third-order valence-electron chi connectivity index (χ3n) is 4.94. The molecule has 1 aromatic carbocycles. The van der Waals surface area contributed by atoms with Crippen molar-refractivity contribution in [1.82, 2.24) is 19.3 Å². The molecule has 0 amide bonds. The lowest BCUT2D eigenvalue weighted by atomic mass is 10.1. The van der Waals surface area contributed by atoms with Crippen LogP contribution in [0.1, 0.15) is 30.3 Å². The van der Waals surface area contributed by atoms with Gasteiger partial charge in [0.1, 0.15) is 17.0 Å². The molecule has 0 aliphatic carbocycles. The van der Waals surface area contributed by atoms with Gasteiger partial charge in [-0.25, -0.2) is 9.67 Å². The normalized spacial score (nSPS) is 15.5. The summed E-state index contributed by atoms with van der Waals surface area (Å²) in [5.74, 6) is 1.48. The number of benzene rings is 1. The number of hydrogen-bond donors (Lipinski definition) is 0. The number of methoxy groups -OCH3 is 1. The van der Waals surface area contributed by atoms with Crippen molar-refractivity contribution in [2.45, 2.75) is 32.4 Å². The molecule has 1 saturated heterocycles. The largest absolute Gasteiger partial charge is 0.497 e. The summed E-state index contributed by atoms with van der Waals surface area (Å²) in [5, 5.41) is 5.03. The molecule has 4 rings (SSSR count). The number of ether oxygens (including phenoxy) is 2. The quantitative estimate of drug-likeness (QED) is 0.719. The van der Waals surface area contributed by atoms with Gasteiger partial charge in [-0.1, -0.05) is 12.1 Å². The predicted octanol–water partition coefficient (Wildman–Crippen LogP) is 2.31. The molecule has 2 aromatic heterocycles. The Morgan fingerprint density at radius 2 is 1.96 bits per heavy atom. The molecule has 0 saturated carbocycles. The Morgan fingerprint density at radius 1 is 1.23 bits per heavy atom. The van der Waals surface area contributed by atoms with E-state index in [0.29, 0.717) is 23.4 Å². The lowest BCUT2D eigenvalue weighted by molar-refractivity contribution is 0.0673. The zero-order valence-corrected chi connectivity index (χ0v) is 15.0. The molecule has 0 N–H and O–H groups in total. The van der Waals surface area contributed by atoms with Crippen molar-refractivity contribution in [2.24, 2.45) is 0 Å². The van der Waals surface area contributed by atoms with Crippen molar-refractivity contribution in [2.75, 3.05) is 20.3 Å².